The van der Waals surface area contributed by atoms with Gasteiger partial charge in [0.2, 0.25) is 0 Å². The van der Waals surface area contributed by atoms with Gasteiger partial charge in [-0.2, -0.15) is 0 Å². The van der Waals surface area contributed by atoms with Crippen LogP contribution < -0.4 is 0 Å². The van der Waals surface area contributed by atoms with Crippen LogP contribution in [-0.4, -0.2) is 32.6 Å². The van der Waals surface area contributed by atoms with Gasteiger partial charge in [-0.25, -0.2) is 9.48 Å². The third kappa shape index (κ3) is 3.20. The Morgan fingerprint density at radius 2 is 2.05 bits per heavy atom. The average molecular weight is 274 g/mol. The summed E-state index contributed by atoms with van der Waals surface area (Å²) in [4.78, 5) is 15.8. The van der Waals surface area contributed by atoms with Crippen molar-refractivity contribution in [3.8, 4) is 0 Å². The summed E-state index contributed by atoms with van der Waals surface area (Å²) >= 11 is 0. The Bertz CT molecular complexity index is 566. The standard InChI is InChI=1S/C14H18N4O2/c1-3-5-12-13(14(19)20-4-2)16-17-18(12)10-11-6-8-15-9-7-11/h6-9H,3-5,10H2,1-2H3. The minimum absolute atomic E-state index is 0.322. The number of carbonyl (C=O) groups excluding carboxylic acids is 1. The molecule has 0 aromatic carbocycles. The van der Waals surface area contributed by atoms with Crippen LogP contribution in [0.25, 0.3) is 0 Å². The maximum absolute atomic E-state index is 11.9. The molecule has 0 atom stereocenters. The number of carbonyl (C=O) groups is 1. The van der Waals surface area contributed by atoms with Gasteiger partial charge < -0.3 is 4.74 Å². The smallest absolute Gasteiger partial charge is 0.360 e. The van der Waals surface area contributed by atoms with Crippen LogP contribution >= 0.6 is 0 Å². The predicted octanol–water partition coefficient (Wildman–Crippen LogP) is 1.85. The van der Waals surface area contributed by atoms with Gasteiger partial charge in [-0.15, -0.1) is 5.10 Å². The van der Waals surface area contributed by atoms with Gasteiger partial charge in [0.05, 0.1) is 18.8 Å². The lowest BCUT2D eigenvalue weighted by atomic mass is 10.2. The van der Waals surface area contributed by atoms with Gasteiger partial charge in [0.1, 0.15) is 0 Å². The molecule has 6 nitrogen and oxygen atoms in total. The van der Waals surface area contributed by atoms with E-state index in [-0.39, 0.29) is 0 Å². The van der Waals surface area contributed by atoms with Crippen molar-refractivity contribution in [1.82, 2.24) is 20.0 Å². The highest BCUT2D eigenvalue weighted by Crippen LogP contribution is 2.12. The summed E-state index contributed by atoms with van der Waals surface area (Å²) in [6.45, 7) is 4.74. The predicted molar refractivity (Wildman–Crippen MR) is 73.3 cm³/mol. The summed E-state index contributed by atoms with van der Waals surface area (Å²) in [5.74, 6) is -0.406. The van der Waals surface area contributed by atoms with Gasteiger partial charge in [0, 0.05) is 12.4 Å². The van der Waals surface area contributed by atoms with E-state index in [4.69, 9.17) is 4.74 Å². The topological polar surface area (TPSA) is 69.9 Å². The number of esters is 1. The van der Waals surface area contributed by atoms with Gasteiger partial charge in [-0.3, -0.25) is 4.98 Å². The minimum Gasteiger partial charge on any atom is -0.461 e. The van der Waals surface area contributed by atoms with Crippen LogP contribution in [0.5, 0.6) is 0 Å². The molecule has 2 heterocycles. The van der Waals surface area contributed by atoms with Gasteiger partial charge in [-0.05, 0) is 31.0 Å². The average Bonchev–Trinajstić information content (AvgIpc) is 2.84. The maximum Gasteiger partial charge on any atom is 0.360 e. The van der Waals surface area contributed by atoms with Gasteiger partial charge in [0.15, 0.2) is 5.69 Å². The van der Waals surface area contributed by atoms with E-state index in [0.717, 1.165) is 24.1 Å². The largest absolute Gasteiger partial charge is 0.461 e. The number of pyridine rings is 1. The van der Waals surface area contributed by atoms with E-state index in [2.05, 4.69) is 22.2 Å². The monoisotopic (exact) mass is 274 g/mol. The van der Waals surface area contributed by atoms with Crippen molar-refractivity contribution in [3.05, 3.63) is 41.5 Å². The molecule has 0 spiro atoms. The fourth-order valence-corrected chi connectivity index (χ4v) is 1.96. The summed E-state index contributed by atoms with van der Waals surface area (Å²) in [5, 5.41) is 8.05. The van der Waals surface area contributed by atoms with E-state index in [1.54, 1.807) is 24.0 Å². The van der Waals surface area contributed by atoms with Gasteiger partial charge in [0.25, 0.3) is 0 Å². The van der Waals surface area contributed by atoms with Crippen LogP contribution in [0.1, 0.15) is 42.0 Å². The van der Waals surface area contributed by atoms with Crippen LogP contribution in [-0.2, 0) is 17.7 Å². The number of ether oxygens (including phenoxy) is 1. The minimum atomic E-state index is -0.406. The van der Waals surface area contributed by atoms with Crippen molar-refractivity contribution in [2.75, 3.05) is 6.61 Å². The molecule has 0 saturated carbocycles. The second-order valence-electron chi connectivity index (χ2n) is 4.37. The molecule has 0 unspecified atom stereocenters. The number of hydrogen-bond acceptors (Lipinski definition) is 5. The fourth-order valence-electron chi connectivity index (χ4n) is 1.96. The summed E-state index contributed by atoms with van der Waals surface area (Å²) in [6.07, 6.45) is 5.12. The third-order valence-electron chi connectivity index (χ3n) is 2.87. The molecule has 0 fully saturated rings. The Kier molecular flexibility index (Phi) is 4.81. The molecule has 0 saturated heterocycles. The molecule has 2 aromatic heterocycles. The Morgan fingerprint density at radius 3 is 2.70 bits per heavy atom. The zero-order valence-corrected chi connectivity index (χ0v) is 11.7. The van der Waals surface area contributed by atoms with E-state index in [0.29, 0.717) is 18.8 Å². The lowest BCUT2D eigenvalue weighted by molar-refractivity contribution is 0.0518. The zero-order valence-electron chi connectivity index (χ0n) is 11.7. The summed E-state index contributed by atoms with van der Waals surface area (Å²) < 4.78 is 6.77. The second-order valence-corrected chi connectivity index (χ2v) is 4.37. The molecular weight excluding hydrogens is 256 g/mol. The first-order chi connectivity index (χ1) is 9.76. The van der Waals surface area contributed by atoms with Gasteiger partial charge >= 0.3 is 5.97 Å². The van der Waals surface area contributed by atoms with E-state index in [9.17, 15) is 4.79 Å². The molecule has 6 heteroatoms. The van der Waals surface area contributed by atoms with Crippen LogP contribution in [0, 0.1) is 0 Å². The molecule has 2 aromatic rings. The summed E-state index contributed by atoms with van der Waals surface area (Å²) in [7, 11) is 0. The van der Waals surface area contributed by atoms with Crippen molar-refractivity contribution in [2.24, 2.45) is 0 Å². The van der Waals surface area contributed by atoms with Crippen molar-refractivity contribution in [1.29, 1.82) is 0 Å². The second kappa shape index (κ2) is 6.79. The first kappa shape index (κ1) is 14.2. The van der Waals surface area contributed by atoms with Crippen molar-refractivity contribution in [3.63, 3.8) is 0 Å². The van der Waals surface area contributed by atoms with Crippen molar-refractivity contribution < 1.29 is 9.53 Å². The molecule has 2 rings (SSSR count). The molecule has 0 aliphatic rings. The number of nitrogens with zero attached hydrogens (tertiary/aromatic N) is 4. The van der Waals surface area contributed by atoms with E-state index < -0.39 is 5.97 Å². The first-order valence-corrected chi connectivity index (χ1v) is 6.74. The van der Waals surface area contributed by atoms with Crippen LogP contribution in [0.15, 0.2) is 24.5 Å². The van der Waals surface area contributed by atoms with Crippen LogP contribution in [0.4, 0.5) is 0 Å². The third-order valence-corrected chi connectivity index (χ3v) is 2.87. The SMILES string of the molecule is CCCc1c(C(=O)OCC)nnn1Cc1ccncc1. The lowest BCUT2D eigenvalue weighted by Gasteiger charge is -2.07. The molecule has 0 aliphatic heterocycles. The van der Waals surface area contributed by atoms with E-state index >= 15 is 0 Å². The number of aromatic nitrogens is 4. The molecule has 0 radical (unpaired) electrons. The highest BCUT2D eigenvalue weighted by molar-refractivity contribution is 5.88. The molecule has 0 aliphatic carbocycles. The Morgan fingerprint density at radius 1 is 1.30 bits per heavy atom. The molecule has 0 N–H and O–H groups in total. The maximum atomic E-state index is 11.9. The zero-order chi connectivity index (χ0) is 14.4. The molecule has 0 bridgehead atoms. The lowest BCUT2D eigenvalue weighted by Crippen LogP contribution is -2.11. The van der Waals surface area contributed by atoms with Crippen molar-refractivity contribution >= 4 is 5.97 Å². The van der Waals surface area contributed by atoms with Gasteiger partial charge in [-0.1, -0.05) is 18.6 Å². The summed E-state index contributed by atoms with van der Waals surface area (Å²) in [6, 6.07) is 3.84. The Hall–Kier alpha value is -2.24. The summed E-state index contributed by atoms with van der Waals surface area (Å²) in [5.41, 5.74) is 2.21. The Labute approximate surface area is 117 Å². The number of hydrogen-bond donors (Lipinski definition) is 0. The van der Waals surface area contributed by atoms with Crippen LogP contribution in [0.2, 0.25) is 0 Å². The quantitative estimate of drug-likeness (QED) is 0.752. The Balaban J connectivity index is 2.27. The highest BCUT2D eigenvalue weighted by atomic mass is 16.5. The molecule has 0 amide bonds. The van der Waals surface area contributed by atoms with Crippen LogP contribution in [0.3, 0.4) is 0 Å². The van der Waals surface area contributed by atoms with Crippen molar-refractivity contribution in [2.45, 2.75) is 33.2 Å². The highest BCUT2D eigenvalue weighted by Gasteiger charge is 2.20. The van der Waals surface area contributed by atoms with E-state index in [1.807, 2.05) is 12.1 Å². The normalized spacial score (nSPS) is 10.5. The number of rotatable bonds is 6. The first-order valence-electron chi connectivity index (χ1n) is 6.74. The fraction of sp³-hybridized carbons (Fsp3) is 0.429. The molecular formula is C14H18N4O2. The van der Waals surface area contributed by atoms with E-state index in [1.165, 1.54) is 0 Å². The molecule has 106 valence electrons. The molecule has 20 heavy (non-hydrogen) atoms.